The summed E-state index contributed by atoms with van der Waals surface area (Å²) < 4.78 is 0. The third-order valence-corrected chi connectivity index (χ3v) is 8.55. The van der Waals surface area contributed by atoms with Crippen LogP contribution in [-0.4, -0.2) is 36.0 Å². The number of carbonyl (C=O) groups excluding carboxylic acids is 1. The maximum Gasteiger partial charge on any atom is 0.222 e. The highest BCUT2D eigenvalue weighted by Gasteiger charge is 2.77. The highest BCUT2D eigenvalue weighted by molar-refractivity contribution is 5.81. The molecule has 0 aromatic heterocycles. The third kappa shape index (κ3) is 1.08. The lowest BCUT2D eigenvalue weighted by atomic mass is 9.41. The van der Waals surface area contributed by atoms with Gasteiger partial charge in [0.2, 0.25) is 5.91 Å². The van der Waals surface area contributed by atoms with Gasteiger partial charge in [0, 0.05) is 37.2 Å². The average Bonchev–Trinajstić information content (AvgIpc) is 3.11. The van der Waals surface area contributed by atoms with Crippen LogP contribution in [0.3, 0.4) is 0 Å². The first kappa shape index (κ1) is 12.9. The minimum absolute atomic E-state index is 0.199. The van der Waals surface area contributed by atoms with Gasteiger partial charge in [-0.1, -0.05) is 18.2 Å². The lowest BCUT2D eigenvalue weighted by Crippen LogP contribution is -2.74. The molecule has 1 aromatic carbocycles. The molecule has 120 valence electrons. The molecule has 5 fully saturated rings. The number of fused-ring (bicyclic) bond motifs is 3. The van der Waals surface area contributed by atoms with Gasteiger partial charge in [-0.25, -0.2) is 0 Å². The van der Waals surface area contributed by atoms with E-state index >= 15 is 0 Å². The molecule has 7 rings (SSSR count). The van der Waals surface area contributed by atoms with Crippen LogP contribution in [0.1, 0.15) is 50.5 Å². The normalized spacial score (nSPS) is 46.0. The average molecular weight is 308 g/mol. The van der Waals surface area contributed by atoms with Gasteiger partial charge in [-0.05, 0) is 55.6 Å². The van der Waals surface area contributed by atoms with Gasteiger partial charge >= 0.3 is 0 Å². The van der Waals surface area contributed by atoms with Gasteiger partial charge in [0.1, 0.15) is 0 Å². The molecule has 3 spiro atoms. The van der Waals surface area contributed by atoms with Crippen molar-refractivity contribution in [1.29, 1.82) is 0 Å². The van der Waals surface area contributed by atoms with E-state index in [1.807, 2.05) is 0 Å². The SMILES string of the molecule is CN1c2ccccc2[C@@]23CCN4C(=O)CCC5(CCC12CC5)[C@H]43. The summed E-state index contributed by atoms with van der Waals surface area (Å²) in [5, 5.41) is 0. The molecule has 1 aromatic rings. The number of carbonyl (C=O) groups is 1. The Balaban J connectivity index is 1.68. The zero-order valence-electron chi connectivity index (χ0n) is 13.8. The van der Waals surface area contributed by atoms with Crippen LogP contribution in [0.5, 0.6) is 0 Å². The number of hydrogen-bond acceptors (Lipinski definition) is 2. The minimum Gasteiger partial charge on any atom is -0.368 e. The summed E-state index contributed by atoms with van der Waals surface area (Å²) in [6.45, 7) is 0.981. The molecule has 3 aliphatic carbocycles. The van der Waals surface area contributed by atoms with Crippen LogP contribution >= 0.6 is 0 Å². The molecule has 2 bridgehead atoms. The number of piperidine rings is 1. The molecule has 1 amide bonds. The Morgan fingerprint density at radius 2 is 1.83 bits per heavy atom. The Bertz CT molecular complexity index is 733. The number of likely N-dealkylation sites (N-methyl/N-ethyl adjacent to an activating group) is 1. The Labute approximate surface area is 137 Å². The summed E-state index contributed by atoms with van der Waals surface area (Å²) in [5.41, 5.74) is 3.85. The third-order valence-electron chi connectivity index (χ3n) is 8.55. The highest BCUT2D eigenvalue weighted by atomic mass is 16.2. The topological polar surface area (TPSA) is 23.6 Å². The van der Waals surface area contributed by atoms with Crippen LogP contribution < -0.4 is 4.90 Å². The predicted molar refractivity (Wildman–Crippen MR) is 89.5 cm³/mol. The van der Waals surface area contributed by atoms with Crippen molar-refractivity contribution in [2.24, 2.45) is 5.41 Å². The van der Waals surface area contributed by atoms with Gasteiger partial charge < -0.3 is 9.80 Å². The van der Waals surface area contributed by atoms with Crippen LogP contribution in [0.15, 0.2) is 24.3 Å². The number of hydrogen-bond donors (Lipinski definition) is 0. The van der Waals surface area contributed by atoms with Crippen molar-refractivity contribution in [2.75, 3.05) is 18.5 Å². The first-order chi connectivity index (χ1) is 11.1. The predicted octanol–water partition coefficient (Wildman–Crippen LogP) is 3.08. The number of rotatable bonds is 0. The van der Waals surface area contributed by atoms with E-state index in [-0.39, 0.29) is 11.0 Å². The fraction of sp³-hybridized carbons (Fsp3) is 0.650. The fourth-order valence-electron chi connectivity index (χ4n) is 7.75. The van der Waals surface area contributed by atoms with Gasteiger partial charge in [-0.2, -0.15) is 0 Å². The van der Waals surface area contributed by atoms with E-state index in [4.69, 9.17) is 0 Å². The van der Waals surface area contributed by atoms with Crippen molar-refractivity contribution in [2.45, 2.75) is 61.9 Å². The second-order valence-electron chi connectivity index (χ2n) is 8.68. The first-order valence-corrected chi connectivity index (χ1v) is 9.28. The summed E-state index contributed by atoms with van der Waals surface area (Å²) in [6.07, 6.45) is 8.37. The van der Waals surface area contributed by atoms with Gasteiger partial charge in [-0.3, -0.25) is 4.79 Å². The molecule has 3 nitrogen and oxygen atoms in total. The molecule has 0 N–H and O–H groups in total. The van der Waals surface area contributed by atoms with E-state index in [1.165, 1.54) is 37.8 Å². The van der Waals surface area contributed by atoms with E-state index in [1.54, 1.807) is 5.56 Å². The van der Waals surface area contributed by atoms with Crippen LogP contribution in [0.25, 0.3) is 0 Å². The summed E-state index contributed by atoms with van der Waals surface area (Å²) in [7, 11) is 2.32. The quantitative estimate of drug-likeness (QED) is 0.735. The lowest BCUT2D eigenvalue weighted by Gasteiger charge is -2.68. The van der Waals surface area contributed by atoms with Gasteiger partial charge in [0.25, 0.3) is 0 Å². The molecule has 6 aliphatic rings. The second-order valence-corrected chi connectivity index (χ2v) is 8.68. The van der Waals surface area contributed by atoms with E-state index in [9.17, 15) is 4.79 Å². The Hall–Kier alpha value is -1.51. The van der Waals surface area contributed by atoms with Crippen molar-refractivity contribution in [3.8, 4) is 0 Å². The van der Waals surface area contributed by atoms with E-state index in [0.29, 0.717) is 17.4 Å². The number of nitrogens with zero attached hydrogens (tertiary/aromatic N) is 2. The molecule has 3 heteroatoms. The molecule has 3 aliphatic heterocycles. The monoisotopic (exact) mass is 308 g/mol. The molecular formula is C20H24N2O. The van der Waals surface area contributed by atoms with Gasteiger partial charge in [0.05, 0.1) is 5.54 Å². The summed E-state index contributed by atoms with van der Waals surface area (Å²) in [4.78, 5) is 17.6. The molecule has 0 radical (unpaired) electrons. The molecule has 2 saturated heterocycles. The van der Waals surface area contributed by atoms with Crippen molar-refractivity contribution in [3.05, 3.63) is 29.8 Å². The van der Waals surface area contributed by atoms with Crippen LogP contribution in [-0.2, 0) is 10.2 Å². The largest absolute Gasteiger partial charge is 0.368 e. The number of benzene rings is 1. The van der Waals surface area contributed by atoms with E-state index in [2.05, 4.69) is 41.1 Å². The molecule has 23 heavy (non-hydrogen) atoms. The summed E-state index contributed by atoms with van der Waals surface area (Å²) in [6, 6.07) is 9.54. The van der Waals surface area contributed by atoms with Gasteiger partial charge in [0.15, 0.2) is 0 Å². The molecule has 2 atom stereocenters. The summed E-state index contributed by atoms with van der Waals surface area (Å²) >= 11 is 0. The Kier molecular flexibility index (Phi) is 2.01. The zero-order chi connectivity index (χ0) is 15.4. The van der Waals surface area contributed by atoms with Crippen LogP contribution in [0.4, 0.5) is 5.69 Å². The lowest BCUT2D eigenvalue weighted by molar-refractivity contribution is -0.155. The molecular weight excluding hydrogens is 284 g/mol. The van der Waals surface area contributed by atoms with Crippen molar-refractivity contribution in [1.82, 2.24) is 4.90 Å². The van der Waals surface area contributed by atoms with Crippen molar-refractivity contribution >= 4 is 11.6 Å². The minimum atomic E-state index is 0.199. The fourth-order valence-corrected chi connectivity index (χ4v) is 7.75. The summed E-state index contributed by atoms with van der Waals surface area (Å²) in [5.74, 6) is 0.423. The maximum atomic E-state index is 12.7. The van der Waals surface area contributed by atoms with Crippen molar-refractivity contribution < 1.29 is 4.79 Å². The van der Waals surface area contributed by atoms with Crippen molar-refractivity contribution in [3.63, 3.8) is 0 Å². The zero-order valence-corrected chi connectivity index (χ0v) is 13.8. The maximum absolute atomic E-state index is 12.7. The van der Waals surface area contributed by atoms with E-state index in [0.717, 1.165) is 19.4 Å². The Morgan fingerprint density at radius 3 is 2.65 bits per heavy atom. The highest BCUT2D eigenvalue weighted by Crippen LogP contribution is 2.74. The number of anilines is 1. The second kappa shape index (κ2) is 3.60. The van der Waals surface area contributed by atoms with E-state index < -0.39 is 0 Å². The Morgan fingerprint density at radius 1 is 1.04 bits per heavy atom. The molecule has 0 unspecified atom stereocenters. The smallest absolute Gasteiger partial charge is 0.222 e. The molecule has 3 heterocycles. The first-order valence-electron chi connectivity index (χ1n) is 9.28. The number of para-hydroxylation sites is 1. The number of amides is 1. The molecule has 3 saturated carbocycles. The van der Waals surface area contributed by atoms with Gasteiger partial charge in [-0.15, -0.1) is 0 Å². The van der Waals surface area contributed by atoms with Crippen LogP contribution in [0, 0.1) is 5.41 Å². The standard InChI is InChI=1S/C20H24N2O/c1-21-15-5-3-2-4-14(15)20-12-13-22-16(23)6-7-18(17(20)22)8-10-19(20,21)11-9-18/h2-5,17H,6-13H2,1H3/t17-,18?,19?,20+/m0/s1. The van der Waals surface area contributed by atoms with Crippen LogP contribution in [0.2, 0.25) is 0 Å².